The van der Waals surface area contributed by atoms with Gasteiger partial charge in [0.1, 0.15) is 0 Å². The zero-order chi connectivity index (χ0) is 18.1. The van der Waals surface area contributed by atoms with E-state index in [0.717, 1.165) is 23.2 Å². The largest absolute Gasteiger partial charge is 0.388 e. The number of non-ortho nitro benzene ring substituents is 1. The van der Waals surface area contributed by atoms with Crippen LogP contribution in [-0.4, -0.2) is 12.0 Å². The van der Waals surface area contributed by atoms with Crippen molar-refractivity contribution in [2.45, 2.75) is 39.0 Å². The Kier molecular flexibility index (Phi) is 7.20. The van der Waals surface area contributed by atoms with Gasteiger partial charge in [-0.3, -0.25) is 10.1 Å². The lowest BCUT2D eigenvalue weighted by Gasteiger charge is -2.09. The quantitative estimate of drug-likeness (QED) is 0.267. The summed E-state index contributed by atoms with van der Waals surface area (Å²) >= 11 is 0. The first kappa shape index (κ1) is 18.7. The van der Waals surface area contributed by atoms with Gasteiger partial charge in [0.05, 0.1) is 4.92 Å². The van der Waals surface area contributed by atoms with Gasteiger partial charge in [-0.25, -0.2) is 0 Å². The van der Waals surface area contributed by atoms with E-state index in [1.165, 1.54) is 43.4 Å². The van der Waals surface area contributed by atoms with Crippen molar-refractivity contribution >= 4 is 23.5 Å². The highest BCUT2D eigenvalue weighted by atomic mass is 16.6. The third-order valence-corrected chi connectivity index (χ3v) is 4.27. The molecular weight excluding hydrogens is 312 g/mol. The van der Waals surface area contributed by atoms with E-state index in [-0.39, 0.29) is 10.6 Å². The minimum atomic E-state index is -0.383. The Morgan fingerprint density at radius 3 is 2.44 bits per heavy atom. The molecule has 0 amide bonds. The van der Waals surface area contributed by atoms with Gasteiger partial charge < -0.3 is 5.32 Å². The molecule has 0 aliphatic carbocycles. The summed E-state index contributed by atoms with van der Waals surface area (Å²) in [7, 11) is 1.93. The lowest BCUT2D eigenvalue weighted by atomic mass is 10.0. The summed E-state index contributed by atoms with van der Waals surface area (Å²) in [5, 5.41) is 14.0. The maximum absolute atomic E-state index is 10.7. The molecule has 0 heterocycles. The van der Waals surface area contributed by atoms with Gasteiger partial charge in [-0.15, -0.1) is 0 Å². The van der Waals surface area contributed by atoms with Crippen LogP contribution in [0.4, 0.5) is 11.4 Å². The number of hydrogen-bond donors (Lipinski definition) is 1. The van der Waals surface area contributed by atoms with Gasteiger partial charge in [0.15, 0.2) is 0 Å². The van der Waals surface area contributed by atoms with E-state index >= 15 is 0 Å². The molecule has 0 saturated carbocycles. The molecule has 1 N–H and O–H groups in total. The Labute approximate surface area is 149 Å². The summed E-state index contributed by atoms with van der Waals surface area (Å²) in [5.41, 5.74) is 4.62. The van der Waals surface area contributed by atoms with Crippen LogP contribution < -0.4 is 5.32 Å². The van der Waals surface area contributed by atoms with Crippen molar-refractivity contribution in [1.82, 2.24) is 0 Å². The highest BCUT2D eigenvalue weighted by Crippen LogP contribution is 2.22. The van der Waals surface area contributed by atoms with E-state index < -0.39 is 0 Å². The van der Waals surface area contributed by atoms with Crippen molar-refractivity contribution in [3.8, 4) is 0 Å². The van der Waals surface area contributed by atoms with Gasteiger partial charge in [0.2, 0.25) is 0 Å². The Bertz CT molecular complexity index is 721. The smallest absolute Gasteiger partial charge is 0.269 e. The minimum absolute atomic E-state index is 0.112. The summed E-state index contributed by atoms with van der Waals surface area (Å²) in [6, 6.07) is 13.1. The maximum Gasteiger partial charge on any atom is 0.269 e. The van der Waals surface area contributed by atoms with Crippen LogP contribution >= 0.6 is 0 Å². The number of rotatable bonds is 9. The first-order chi connectivity index (χ1) is 12.1. The van der Waals surface area contributed by atoms with E-state index in [1.54, 1.807) is 12.1 Å². The molecule has 132 valence electrons. The topological polar surface area (TPSA) is 55.2 Å². The average Bonchev–Trinajstić information content (AvgIpc) is 2.64. The monoisotopic (exact) mass is 338 g/mol. The van der Waals surface area contributed by atoms with Crippen LogP contribution in [0.3, 0.4) is 0 Å². The number of nitro groups is 1. The highest BCUT2D eigenvalue weighted by Gasteiger charge is 2.03. The fourth-order valence-electron chi connectivity index (χ4n) is 2.77. The number of nitrogens with one attached hydrogen (secondary N) is 1. The second kappa shape index (κ2) is 9.62. The molecule has 25 heavy (non-hydrogen) atoms. The van der Waals surface area contributed by atoms with E-state index in [0.29, 0.717) is 0 Å². The number of nitrogens with zero attached hydrogens (tertiary/aromatic N) is 1. The molecule has 2 aromatic rings. The van der Waals surface area contributed by atoms with Gasteiger partial charge in [0.25, 0.3) is 5.69 Å². The Morgan fingerprint density at radius 1 is 1.04 bits per heavy atom. The van der Waals surface area contributed by atoms with Crippen LogP contribution in [0.5, 0.6) is 0 Å². The number of benzene rings is 2. The Balaban J connectivity index is 2.06. The van der Waals surface area contributed by atoms with Gasteiger partial charge >= 0.3 is 0 Å². The van der Waals surface area contributed by atoms with Crippen molar-refractivity contribution in [1.29, 1.82) is 0 Å². The maximum atomic E-state index is 10.7. The fraction of sp³-hybridized carbons (Fsp3) is 0.333. The number of anilines is 1. The summed E-state index contributed by atoms with van der Waals surface area (Å²) in [4.78, 5) is 10.3. The van der Waals surface area contributed by atoms with Crippen molar-refractivity contribution in [3.63, 3.8) is 0 Å². The molecule has 4 heteroatoms. The molecule has 0 saturated heterocycles. The van der Waals surface area contributed by atoms with Crippen LogP contribution in [0.15, 0.2) is 42.5 Å². The van der Waals surface area contributed by atoms with Gasteiger partial charge in [-0.2, -0.15) is 0 Å². The standard InChI is InChI=1S/C21H26N2O2/c1-3-4-5-6-7-18-9-13-19(21(16-18)22-2)12-8-17-10-14-20(15-11-17)23(24)25/h8-16,22H,3-7H2,1-2H3. The molecule has 0 radical (unpaired) electrons. The second-order valence-corrected chi connectivity index (χ2v) is 6.16. The molecule has 0 aromatic heterocycles. The van der Waals surface area contributed by atoms with Gasteiger partial charge in [-0.05, 0) is 47.7 Å². The zero-order valence-corrected chi connectivity index (χ0v) is 15.0. The van der Waals surface area contributed by atoms with E-state index in [4.69, 9.17) is 0 Å². The van der Waals surface area contributed by atoms with E-state index in [9.17, 15) is 10.1 Å². The van der Waals surface area contributed by atoms with Crippen LogP contribution in [0.2, 0.25) is 0 Å². The van der Waals surface area contributed by atoms with Gasteiger partial charge in [0, 0.05) is 24.9 Å². The Hall–Kier alpha value is -2.62. The fourth-order valence-corrected chi connectivity index (χ4v) is 2.77. The average molecular weight is 338 g/mol. The van der Waals surface area contributed by atoms with E-state index in [2.05, 4.69) is 30.4 Å². The van der Waals surface area contributed by atoms with Crippen LogP contribution in [0.25, 0.3) is 12.2 Å². The SMILES string of the molecule is CCCCCCc1ccc(C=Cc2ccc([N+](=O)[O-])cc2)c(NC)c1. The molecule has 0 fully saturated rings. The van der Waals surface area contributed by atoms with Crippen molar-refractivity contribution in [2.24, 2.45) is 0 Å². The molecule has 4 nitrogen and oxygen atoms in total. The number of aryl methyl sites for hydroxylation is 1. The normalized spacial score (nSPS) is 11.0. The van der Waals surface area contributed by atoms with Crippen LogP contribution in [0, 0.1) is 10.1 Å². The number of unbranched alkanes of at least 4 members (excludes halogenated alkanes) is 3. The first-order valence-corrected chi connectivity index (χ1v) is 8.87. The third kappa shape index (κ3) is 5.75. The lowest BCUT2D eigenvalue weighted by molar-refractivity contribution is -0.384. The van der Waals surface area contributed by atoms with Crippen LogP contribution in [0.1, 0.15) is 49.3 Å². The van der Waals surface area contributed by atoms with Crippen molar-refractivity contribution in [2.75, 3.05) is 12.4 Å². The molecular formula is C21H26N2O2. The lowest BCUT2D eigenvalue weighted by Crippen LogP contribution is -1.94. The third-order valence-electron chi connectivity index (χ3n) is 4.27. The molecule has 0 atom stereocenters. The van der Waals surface area contributed by atoms with E-state index in [1.807, 2.05) is 19.2 Å². The van der Waals surface area contributed by atoms with Gasteiger partial charge in [-0.1, -0.05) is 50.5 Å². The molecule has 0 bridgehead atoms. The summed E-state index contributed by atoms with van der Waals surface area (Å²) in [6.45, 7) is 2.23. The minimum Gasteiger partial charge on any atom is -0.388 e. The molecule has 0 aliphatic rings. The first-order valence-electron chi connectivity index (χ1n) is 8.87. The molecule has 0 spiro atoms. The molecule has 0 unspecified atom stereocenters. The molecule has 0 aliphatic heterocycles. The predicted octanol–water partition coefficient (Wildman–Crippen LogP) is 5.93. The van der Waals surface area contributed by atoms with Crippen molar-refractivity contribution in [3.05, 3.63) is 69.3 Å². The second-order valence-electron chi connectivity index (χ2n) is 6.16. The van der Waals surface area contributed by atoms with Crippen LogP contribution in [-0.2, 0) is 6.42 Å². The number of nitro benzene ring substituents is 1. The molecule has 2 rings (SSSR count). The molecule has 2 aromatic carbocycles. The zero-order valence-electron chi connectivity index (χ0n) is 15.0. The summed E-state index contributed by atoms with van der Waals surface area (Å²) in [6.07, 6.45) is 10.2. The highest BCUT2D eigenvalue weighted by molar-refractivity contribution is 5.77. The Morgan fingerprint density at radius 2 is 1.80 bits per heavy atom. The predicted molar refractivity (Wildman–Crippen MR) is 106 cm³/mol. The van der Waals surface area contributed by atoms with Crippen molar-refractivity contribution < 1.29 is 4.92 Å². The number of hydrogen-bond acceptors (Lipinski definition) is 3. The summed E-state index contributed by atoms with van der Waals surface area (Å²) < 4.78 is 0. The summed E-state index contributed by atoms with van der Waals surface area (Å²) in [5.74, 6) is 0.